The van der Waals surface area contributed by atoms with Crippen LogP contribution in [0.1, 0.15) is 12.0 Å². The summed E-state index contributed by atoms with van der Waals surface area (Å²) in [5, 5.41) is 6.09. The molecule has 0 aliphatic carbocycles. The average molecular weight is 314 g/mol. The first-order chi connectivity index (χ1) is 11.1. The number of amides is 1. The maximum Gasteiger partial charge on any atom is 0.226 e. The van der Waals surface area contributed by atoms with Crippen molar-refractivity contribution < 1.29 is 14.3 Å². The lowest BCUT2D eigenvalue weighted by atomic mass is 10.2. The molecule has 2 N–H and O–H groups in total. The molecule has 2 rings (SSSR count). The van der Waals surface area contributed by atoms with Crippen molar-refractivity contribution in [2.24, 2.45) is 0 Å². The number of carbonyl (C=O) groups excluding carboxylic acids is 1. The lowest BCUT2D eigenvalue weighted by Crippen LogP contribution is -2.17. The monoisotopic (exact) mass is 314 g/mol. The Labute approximate surface area is 136 Å². The predicted molar refractivity (Wildman–Crippen MR) is 92.5 cm³/mol. The van der Waals surface area contributed by atoms with E-state index in [-0.39, 0.29) is 5.91 Å². The van der Waals surface area contributed by atoms with Crippen LogP contribution in [0.3, 0.4) is 0 Å². The van der Waals surface area contributed by atoms with Crippen molar-refractivity contribution in [3.05, 3.63) is 48.0 Å². The summed E-state index contributed by atoms with van der Waals surface area (Å²) in [6, 6.07) is 13.2. The van der Waals surface area contributed by atoms with Gasteiger partial charge >= 0.3 is 0 Å². The zero-order chi connectivity index (χ0) is 16.7. The van der Waals surface area contributed by atoms with Gasteiger partial charge in [-0.1, -0.05) is 18.2 Å². The summed E-state index contributed by atoms with van der Waals surface area (Å²) in [5.41, 5.74) is 2.69. The van der Waals surface area contributed by atoms with E-state index in [9.17, 15) is 4.79 Å². The molecule has 0 saturated carbocycles. The first-order valence-corrected chi connectivity index (χ1v) is 7.45. The van der Waals surface area contributed by atoms with Gasteiger partial charge < -0.3 is 20.1 Å². The third kappa shape index (κ3) is 4.64. The highest BCUT2D eigenvalue weighted by Gasteiger charge is 2.08. The van der Waals surface area contributed by atoms with Gasteiger partial charge in [0.25, 0.3) is 0 Å². The van der Waals surface area contributed by atoms with Gasteiger partial charge in [0.15, 0.2) is 0 Å². The lowest BCUT2D eigenvalue weighted by molar-refractivity contribution is -0.116. The highest BCUT2D eigenvalue weighted by molar-refractivity contribution is 5.92. The van der Waals surface area contributed by atoms with Gasteiger partial charge in [0.05, 0.1) is 25.6 Å². The minimum absolute atomic E-state index is 0.0754. The van der Waals surface area contributed by atoms with Gasteiger partial charge in [-0.25, -0.2) is 0 Å². The Bertz CT molecular complexity index is 671. The van der Waals surface area contributed by atoms with Gasteiger partial charge in [-0.2, -0.15) is 0 Å². The lowest BCUT2D eigenvalue weighted by Gasteiger charge is -2.13. The summed E-state index contributed by atoms with van der Waals surface area (Å²) in [7, 11) is 3.21. The van der Waals surface area contributed by atoms with E-state index in [0.717, 1.165) is 17.0 Å². The van der Waals surface area contributed by atoms with Crippen LogP contribution in [-0.4, -0.2) is 26.7 Å². The van der Waals surface area contributed by atoms with Crippen molar-refractivity contribution in [3.8, 4) is 11.5 Å². The third-order valence-electron chi connectivity index (χ3n) is 3.40. The van der Waals surface area contributed by atoms with E-state index in [4.69, 9.17) is 9.47 Å². The molecule has 2 aromatic carbocycles. The number of carbonyl (C=O) groups is 1. The maximum absolute atomic E-state index is 12.1. The molecule has 0 heterocycles. The van der Waals surface area contributed by atoms with E-state index >= 15 is 0 Å². The van der Waals surface area contributed by atoms with Gasteiger partial charge in [0.1, 0.15) is 11.5 Å². The Morgan fingerprint density at radius 3 is 2.43 bits per heavy atom. The SMILES string of the molecule is COc1ccc(C)cc1NCCC(=O)Nc1ccccc1OC. The number of hydrogen-bond acceptors (Lipinski definition) is 4. The molecule has 0 aromatic heterocycles. The molecule has 0 radical (unpaired) electrons. The predicted octanol–water partition coefficient (Wildman–Crippen LogP) is 3.45. The molecule has 2 aromatic rings. The normalized spacial score (nSPS) is 10.0. The number of anilines is 2. The second kappa shape index (κ2) is 8.08. The summed E-state index contributed by atoms with van der Waals surface area (Å²) < 4.78 is 10.5. The second-order valence-electron chi connectivity index (χ2n) is 5.13. The number of nitrogens with one attached hydrogen (secondary N) is 2. The average Bonchev–Trinajstić information content (AvgIpc) is 2.55. The molecule has 0 aliphatic heterocycles. The van der Waals surface area contributed by atoms with Crippen LogP contribution in [0.15, 0.2) is 42.5 Å². The van der Waals surface area contributed by atoms with E-state index in [0.29, 0.717) is 24.4 Å². The Hall–Kier alpha value is -2.69. The summed E-state index contributed by atoms with van der Waals surface area (Å²) >= 11 is 0. The number of hydrogen-bond donors (Lipinski definition) is 2. The van der Waals surface area contributed by atoms with E-state index in [1.807, 2.05) is 49.4 Å². The number of ether oxygens (including phenoxy) is 2. The fourth-order valence-electron chi connectivity index (χ4n) is 2.23. The topological polar surface area (TPSA) is 59.6 Å². The van der Waals surface area contributed by atoms with E-state index in [1.54, 1.807) is 14.2 Å². The van der Waals surface area contributed by atoms with Crippen LogP contribution in [0.25, 0.3) is 0 Å². The number of methoxy groups -OCH3 is 2. The summed E-state index contributed by atoms with van der Waals surface area (Å²) in [5.74, 6) is 1.34. The molecule has 1 amide bonds. The first kappa shape index (κ1) is 16.7. The first-order valence-electron chi connectivity index (χ1n) is 7.45. The number of benzene rings is 2. The Morgan fingerprint density at radius 2 is 1.70 bits per heavy atom. The van der Waals surface area contributed by atoms with E-state index in [1.165, 1.54) is 0 Å². The largest absolute Gasteiger partial charge is 0.495 e. The molecule has 0 aliphatic rings. The van der Waals surface area contributed by atoms with Crippen LogP contribution in [-0.2, 0) is 4.79 Å². The molecule has 0 spiro atoms. The van der Waals surface area contributed by atoms with Crippen LogP contribution in [0.4, 0.5) is 11.4 Å². The van der Waals surface area contributed by atoms with Crippen molar-refractivity contribution in [2.75, 3.05) is 31.4 Å². The standard InChI is InChI=1S/C18H22N2O3/c1-13-8-9-17(23-3)15(12-13)19-11-10-18(21)20-14-6-4-5-7-16(14)22-2/h4-9,12,19H,10-11H2,1-3H3,(H,20,21). The molecule has 5 heteroatoms. The molecular weight excluding hydrogens is 292 g/mol. The van der Waals surface area contributed by atoms with Crippen molar-refractivity contribution in [2.45, 2.75) is 13.3 Å². The van der Waals surface area contributed by atoms with Crippen LogP contribution < -0.4 is 20.1 Å². The number of para-hydroxylation sites is 2. The summed E-state index contributed by atoms with van der Waals surface area (Å²) in [6.07, 6.45) is 0.342. The van der Waals surface area contributed by atoms with Crippen LogP contribution in [0.5, 0.6) is 11.5 Å². The minimum atomic E-state index is -0.0754. The molecule has 0 saturated heterocycles. The Balaban J connectivity index is 1.89. The van der Waals surface area contributed by atoms with E-state index < -0.39 is 0 Å². The number of rotatable bonds is 7. The molecule has 0 unspecified atom stereocenters. The maximum atomic E-state index is 12.1. The van der Waals surface area contributed by atoms with Crippen molar-refractivity contribution in [1.29, 1.82) is 0 Å². The summed E-state index contributed by atoms with van der Waals surface area (Å²) in [6.45, 7) is 2.53. The number of aryl methyl sites for hydroxylation is 1. The molecule has 0 fully saturated rings. The highest BCUT2D eigenvalue weighted by Crippen LogP contribution is 2.25. The molecule has 0 atom stereocenters. The molecular formula is C18H22N2O3. The second-order valence-corrected chi connectivity index (χ2v) is 5.13. The van der Waals surface area contributed by atoms with Gasteiger partial charge in [0.2, 0.25) is 5.91 Å². The summed E-state index contributed by atoms with van der Waals surface area (Å²) in [4.78, 5) is 12.1. The molecule has 23 heavy (non-hydrogen) atoms. The van der Waals surface area contributed by atoms with Crippen LogP contribution in [0, 0.1) is 6.92 Å². The minimum Gasteiger partial charge on any atom is -0.495 e. The van der Waals surface area contributed by atoms with Gasteiger partial charge in [-0.05, 0) is 36.8 Å². The van der Waals surface area contributed by atoms with E-state index in [2.05, 4.69) is 10.6 Å². The fourth-order valence-corrected chi connectivity index (χ4v) is 2.23. The van der Waals surface area contributed by atoms with Crippen molar-refractivity contribution >= 4 is 17.3 Å². The quantitative estimate of drug-likeness (QED) is 0.822. The Kier molecular flexibility index (Phi) is 5.86. The van der Waals surface area contributed by atoms with Crippen molar-refractivity contribution in [1.82, 2.24) is 0 Å². The van der Waals surface area contributed by atoms with Gasteiger partial charge in [-0.3, -0.25) is 4.79 Å². The Morgan fingerprint density at radius 1 is 1.00 bits per heavy atom. The van der Waals surface area contributed by atoms with Crippen molar-refractivity contribution in [3.63, 3.8) is 0 Å². The zero-order valence-electron chi connectivity index (χ0n) is 13.7. The van der Waals surface area contributed by atoms with Crippen LogP contribution in [0.2, 0.25) is 0 Å². The third-order valence-corrected chi connectivity index (χ3v) is 3.40. The smallest absolute Gasteiger partial charge is 0.226 e. The molecule has 122 valence electrons. The van der Waals surface area contributed by atoms with Gasteiger partial charge in [-0.15, -0.1) is 0 Å². The van der Waals surface area contributed by atoms with Crippen LogP contribution >= 0.6 is 0 Å². The highest BCUT2D eigenvalue weighted by atomic mass is 16.5. The zero-order valence-corrected chi connectivity index (χ0v) is 13.7. The van der Waals surface area contributed by atoms with Gasteiger partial charge in [0, 0.05) is 13.0 Å². The molecule has 5 nitrogen and oxygen atoms in total. The molecule has 0 bridgehead atoms. The fraction of sp³-hybridized carbons (Fsp3) is 0.278.